The van der Waals surface area contributed by atoms with Crippen LogP contribution in [-0.4, -0.2) is 4.57 Å². The van der Waals surface area contributed by atoms with Crippen LogP contribution >= 0.6 is 0 Å². The number of rotatable bonds is 6. The Kier molecular flexibility index (Phi) is 7.17. The Morgan fingerprint density at radius 1 is 0.345 bits per heavy atom. The largest absolute Gasteiger partial charge is 0.456 e. The highest BCUT2D eigenvalue weighted by molar-refractivity contribution is 6.13. The van der Waals surface area contributed by atoms with Gasteiger partial charge in [-0.2, -0.15) is 0 Å². The summed E-state index contributed by atoms with van der Waals surface area (Å²) in [5.74, 6) is 0. The van der Waals surface area contributed by atoms with Gasteiger partial charge >= 0.3 is 0 Å². The SMILES string of the molecule is c1ccc(-c2ccc(N(c3ccc4oc5ccccc5c4c3)c3ccc(-c4ccc5c(c4)c4ccccc4n5-c4ccccc4)c4ccccc34)cc2)cc1. The summed E-state index contributed by atoms with van der Waals surface area (Å²) < 4.78 is 8.63. The van der Waals surface area contributed by atoms with E-state index in [0.29, 0.717) is 0 Å². The van der Waals surface area contributed by atoms with E-state index in [9.17, 15) is 0 Å². The average Bonchev–Trinajstić information content (AvgIpc) is 3.80. The minimum Gasteiger partial charge on any atom is -0.456 e. The summed E-state index contributed by atoms with van der Waals surface area (Å²) in [6, 6.07) is 74.0. The van der Waals surface area contributed by atoms with Gasteiger partial charge in [0.05, 0.1) is 16.7 Å². The molecule has 0 aliphatic rings. The zero-order valence-corrected chi connectivity index (χ0v) is 29.9. The molecular formula is C52H34N2O. The fraction of sp³-hybridized carbons (Fsp3) is 0. The van der Waals surface area contributed by atoms with Crippen molar-refractivity contribution in [2.45, 2.75) is 0 Å². The number of nitrogens with zero attached hydrogens (tertiary/aromatic N) is 2. The number of para-hydroxylation sites is 3. The maximum atomic E-state index is 6.26. The summed E-state index contributed by atoms with van der Waals surface area (Å²) in [4.78, 5) is 2.39. The average molecular weight is 703 g/mol. The minimum atomic E-state index is 0.883. The molecule has 9 aromatic carbocycles. The third-order valence-corrected chi connectivity index (χ3v) is 11.0. The number of hydrogen-bond acceptors (Lipinski definition) is 2. The van der Waals surface area contributed by atoms with Gasteiger partial charge in [0.15, 0.2) is 0 Å². The van der Waals surface area contributed by atoms with Crippen molar-refractivity contribution in [3.63, 3.8) is 0 Å². The molecule has 0 spiro atoms. The van der Waals surface area contributed by atoms with Crippen molar-refractivity contribution in [3.8, 4) is 27.9 Å². The lowest BCUT2D eigenvalue weighted by atomic mass is 9.95. The highest BCUT2D eigenvalue weighted by Crippen LogP contribution is 2.45. The molecule has 0 saturated carbocycles. The van der Waals surface area contributed by atoms with Crippen LogP contribution in [-0.2, 0) is 0 Å². The molecule has 3 heteroatoms. The Balaban J connectivity index is 1.10. The van der Waals surface area contributed by atoms with Crippen molar-refractivity contribution >= 4 is 71.6 Å². The van der Waals surface area contributed by atoms with Crippen LogP contribution in [0.1, 0.15) is 0 Å². The minimum absolute atomic E-state index is 0.883. The van der Waals surface area contributed by atoms with Crippen molar-refractivity contribution in [3.05, 3.63) is 206 Å². The Bertz CT molecular complexity index is 3190. The molecule has 0 aliphatic heterocycles. The molecule has 0 fully saturated rings. The summed E-state index contributed by atoms with van der Waals surface area (Å²) in [6.07, 6.45) is 0. The quantitative estimate of drug-likeness (QED) is 0.172. The molecule has 0 radical (unpaired) electrons. The van der Waals surface area contributed by atoms with Gasteiger partial charge in [0.2, 0.25) is 0 Å². The first-order valence-corrected chi connectivity index (χ1v) is 18.8. The number of anilines is 3. The van der Waals surface area contributed by atoms with Crippen LogP contribution in [0.5, 0.6) is 0 Å². The molecule has 2 heterocycles. The Hall–Kier alpha value is -7.36. The van der Waals surface area contributed by atoms with E-state index in [0.717, 1.165) is 44.7 Å². The van der Waals surface area contributed by atoms with Gasteiger partial charge in [-0.15, -0.1) is 0 Å². The van der Waals surface area contributed by atoms with Gasteiger partial charge in [0, 0.05) is 44.0 Å². The number of fused-ring (bicyclic) bond motifs is 7. The molecule has 0 bridgehead atoms. The maximum absolute atomic E-state index is 6.26. The highest BCUT2D eigenvalue weighted by atomic mass is 16.3. The Morgan fingerprint density at radius 2 is 0.945 bits per heavy atom. The summed E-state index contributed by atoms with van der Waals surface area (Å²) in [7, 11) is 0. The summed E-state index contributed by atoms with van der Waals surface area (Å²) in [5.41, 5.74) is 13.4. The van der Waals surface area contributed by atoms with Gasteiger partial charge in [-0.3, -0.25) is 0 Å². The van der Waals surface area contributed by atoms with Crippen LogP contribution in [0.2, 0.25) is 0 Å². The fourth-order valence-corrected chi connectivity index (χ4v) is 8.44. The molecule has 55 heavy (non-hydrogen) atoms. The van der Waals surface area contributed by atoms with E-state index < -0.39 is 0 Å². The molecule has 11 aromatic rings. The second kappa shape index (κ2) is 12.6. The molecule has 0 amide bonds. The second-order valence-corrected chi connectivity index (χ2v) is 14.1. The van der Waals surface area contributed by atoms with Gasteiger partial charge in [-0.1, -0.05) is 133 Å². The zero-order chi connectivity index (χ0) is 36.3. The van der Waals surface area contributed by atoms with Crippen molar-refractivity contribution in [2.75, 3.05) is 4.90 Å². The van der Waals surface area contributed by atoms with E-state index in [1.165, 1.54) is 54.8 Å². The van der Waals surface area contributed by atoms with E-state index in [1.54, 1.807) is 0 Å². The first-order valence-electron chi connectivity index (χ1n) is 18.8. The number of hydrogen-bond donors (Lipinski definition) is 0. The van der Waals surface area contributed by atoms with Gasteiger partial charge < -0.3 is 13.9 Å². The standard InChI is InChI=1S/C52H34N2O/c1-3-13-35(14-4-1)36-23-26-39(27-24-36)53(40-28-32-52-47(34-40)45-20-10-12-22-51(45)55-52)49-31-29-41(42-17-7-8-18-43(42)49)37-25-30-50-46(33-37)44-19-9-11-21-48(44)54(50)38-15-5-2-6-16-38/h1-34H. The van der Waals surface area contributed by atoms with Gasteiger partial charge in [-0.05, 0) is 100 Å². The topological polar surface area (TPSA) is 21.3 Å². The van der Waals surface area contributed by atoms with E-state index in [4.69, 9.17) is 4.42 Å². The van der Waals surface area contributed by atoms with E-state index in [1.807, 2.05) is 12.1 Å². The van der Waals surface area contributed by atoms with Gasteiger partial charge in [0.25, 0.3) is 0 Å². The third kappa shape index (κ3) is 5.13. The summed E-state index contributed by atoms with van der Waals surface area (Å²) in [5, 5.41) is 7.08. The van der Waals surface area contributed by atoms with Gasteiger partial charge in [0.1, 0.15) is 11.2 Å². The van der Waals surface area contributed by atoms with E-state index in [2.05, 4.69) is 204 Å². The van der Waals surface area contributed by atoms with Crippen LogP contribution in [0.4, 0.5) is 17.1 Å². The lowest BCUT2D eigenvalue weighted by Crippen LogP contribution is -2.10. The van der Waals surface area contributed by atoms with Crippen LogP contribution < -0.4 is 4.90 Å². The van der Waals surface area contributed by atoms with Crippen molar-refractivity contribution < 1.29 is 4.42 Å². The number of benzene rings is 9. The smallest absolute Gasteiger partial charge is 0.135 e. The van der Waals surface area contributed by atoms with E-state index in [-0.39, 0.29) is 0 Å². The lowest BCUT2D eigenvalue weighted by Gasteiger charge is -2.28. The maximum Gasteiger partial charge on any atom is 0.135 e. The monoisotopic (exact) mass is 702 g/mol. The normalized spacial score (nSPS) is 11.6. The number of aromatic nitrogens is 1. The highest BCUT2D eigenvalue weighted by Gasteiger charge is 2.20. The molecular weight excluding hydrogens is 669 g/mol. The van der Waals surface area contributed by atoms with Crippen LogP contribution in [0.25, 0.3) is 82.5 Å². The predicted molar refractivity (Wildman–Crippen MR) is 231 cm³/mol. The third-order valence-electron chi connectivity index (χ3n) is 11.0. The summed E-state index contributed by atoms with van der Waals surface area (Å²) in [6.45, 7) is 0. The molecule has 0 aliphatic carbocycles. The molecule has 2 aromatic heterocycles. The van der Waals surface area contributed by atoms with Crippen molar-refractivity contribution in [1.82, 2.24) is 4.57 Å². The molecule has 0 N–H and O–H groups in total. The van der Waals surface area contributed by atoms with Gasteiger partial charge in [-0.25, -0.2) is 0 Å². The second-order valence-electron chi connectivity index (χ2n) is 14.1. The molecule has 258 valence electrons. The lowest BCUT2D eigenvalue weighted by molar-refractivity contribution is 0.669. The van der Waals surface area contributed by atoms with Crippen molar-refractivity contribution in [2.24, 2.45) is 0 Å². The van der Waals surface area contributed by atoms with E-state index >= 15 is 0 Å². The predicted octanol–water partition coefficient (Wildman–Crippen LogP) is 14.6. The van der Waals surface area contributed by atoms with Crippen LogP contribution in [0, 0.1) is 0 Å². The van der Waals surface area contributed by atoms with Crippen LogP contribution in [0.15, 0.2) is 211 Å². The fourth-order valence-electron chi connectivity index (χ4n) is 8.44. The molecule has 3 nitrogen and oxygen atoms in total. The molecule has 0 atom stereocenters. The Labute approximate surface area is 318 Å². The number of furan rings is 1. The van der Waals surface area contributed by atoms with Crippen molar-refractivity contribution in [1.29, 1.82) is 0 Å². The molecule has 0 saturated heterocycles. The molecule has 11 rings (SSSR count). The zero-order valence-electron chi connectivity index (χ0n) is 29.9. The van der Waals surface area contributed by atoms with Crippen LogP contribution in [0.3, 0.4) is 0 Å². The molecule has 0 unspecified atom stereocenters. The summed E-state index contributed by atoms with van der Waals surface area (Å²) >= 11 is 0. The first kappa shape index (κ1) is 31.2. The first-order chi connectivity index (χ1) is 27.3. The Morgan fingerprint density at radius 3 is 1.76 bits per heavy atom.